The van der Waals surface area contributed by atoms with Gasteiger partial charge in [-0.2, -0.15) is 0 Å². The molecular formula is C11H20N4. The van der Waals surface area contributed by atoms with Crippen molar-refractivity contribution in [1.29, 1.82) is 0 Å². The average molecular weight is 208 g/mol. The van der Waals surface area contributed by atoms with E-state index in [9.17, 15) is 0 Å². The van der Waals surface area contributed by atoms with E-state index in [0.717, 1.165) is 24.5 Å². The van der Waals surface area contributed by atoms with Crippen molar-refractivity contribution in [1.82, 2.24) is 9.97 Å². The molecule has 1 rings (SSSR count). The summed E-state index contributed by atoms with van der Waals surface area (Å²) in [7, 11) is 0. The molecule has 0 aliphatic rings. The molecule has 0 saturated heterocycles. The van der Waals surface area contributed by atoms with Crippen LogP contribution >= 0.6 is 0 Å². The number of hydrogen-bond donors (Lipinski definition) is 2. The number of rotatable bonds is 5. The van der Waals surface area contributed by atoms with E-state index >= 15 is 0 Å². The second-order valence-corrected chi connectivity index (χ2v) is 4.18. The normalized spacial score (nSPS) is 12.9. The van der Waals surface area contributed by atoms with Gasteiger partial charge in [-0.15, -0.1) is 0 Å². The van der Waals surface area contributed by atoms with E-state index in [1.54, 1.807) is 6.33 Å². The number of anilines is 1. The van der Waals surface area contributed by atoms with Gasteiger partial charge in [0.1, 0.15) is 12.1 Å². The molecule has 1 atom stereocenters. The second-order valence-electron chi connectivity index (χ2n) is 4.18. The van der Waals surface area contributed by atoms with Crippen molar-refractivity contribution in [3.8, 4) is 0 Å². The van der Waals surface area contributed by atoms with Crippen LogP contribution in [0.4, 0.5) is 5.82 Å². The molecule has 0 spiro atoms. The number of nitrogens with two attached hydrogens (primary N) is 1. The minimum atomic E-state index is 0.226. The summed E-state index contributed by atoms with van der Waals surface area (Å²) in [6, 6.07) is 2.22. The Bertz CT molecular complexity index is 296. The van der Waals surface area contributed by atoms with E-state index in [1.807, 2.05) is 13.0 Å². The minimum absolute atomic E-state index is 0.226. The number of nitrogens with one attached hydrogen (secondary N) is 1. The topological polar surface area (TPSA) is 63.8 Å². The van der Waals surface area contributed by atoms with Gasteiger partial charge in [0, 0.05) is 24.3 Å². The maximum Gasteiger partial charge on any atom is 0.129 e. The smallest absolute Gasteiger partial charge is 0.129 e. The van der Waals surface area contributed by atoms with Crippen molar-refractivity contribution < 1.29 is 0 Å². The Morgan fingerprint density at radius 1 is 1.33 bits per heavy atom. The number of nitrogens with zero attached hydrogens (tertiary/aromatic N) is 2. The summed E-state index contributed by atoms with van der Waals surface area (Å²) >= 11 is 0. The Hall–Kier alpha value is -1.16. The van der Waals surface area contributed by atoms with E-state index in [2.05, 4.69) is 29.1 Å². The average Bonchev–Trinajstić information content (AvgIpc) is 2.17. The molecule has 15 heavy (non-hydrogen) atoms. The predicted molar refractivity (Wildman–Crippen MR) is 62.9 cm³/mol. The highest BCUT2D eigenvalue weighted by atomic mass is 15.0. The Kier molecular flexibility index (Phi) is 4.49. The van der Waals surface area contributed by atoms with Crippen molar-refractivity contribution in [2.24, 2.45) is 5.73 Å². The van der Waals surface area contributed by atoms with Gasteiger partial charge in [0.15, 0.2) is 0 Å². The van der Waals surface area contributed by atoms with Gasteiger partial charge in [-0.3, -0.25) is 0 Å². The molecule has 0 amide bonds. The molecule has 4 nitrogen and oxygen atoms in total. The van der Waals surface area contributed by atoms with Crippen molar-refractivity contribution in [2.45, 2.75) is 39.2 Å². The standard InChI is InChI=1S/C11H20N4/c1-8(2)10-6-11(15-7-14-10)13-5-4-9(3)12/h6-9H,4-5,12H2,1-3H3,(H,13,14,15). The van der Waals surface area contributed by atoms with Crippen LogP contribution in [0.15, 0.2) is 12.4 Å². The molecule has 0 aliphatic carbocycles. The summed E-state index contributed by atoms with van der Waals surface area (Å²) in [6.45, 7) is 7.09. The van der Waals surface area contributed by atoms with Gasteiger partial charge in [-0.25, -0.2) is 9.97 Å². The van der Waals surface area contributed by atoms with E-state index in [0.29, 0.717) is 5.92 Å². The highest BCUT2D eigenvalue weighted by Gasteiger charge is 2.02. The maximum absolute atomic E-state index is 5.66. The molecule has 0 saturated carbocycles. The molecule has 1 aromatic heterocycles. The lowest BCUT2D eigenvalue weighted by atomic mass is 10.1. The van der Waals surface area contributed by atoms with Crippen LogP contribution in [0.3, 0.4) is 0 Å². The van der Waals surface area contributed by atoms with Crippen molar-refractivity contribution in [3.63, 3.8) is 0 Å². The summed E-state index contributed by atoms with van der Waals surface area (Å²) < 4.78 is 0. The van der Waals surface area contributed by atoms with Crippen LogP contribution in [0, 0.1) is 0 Å². The molecule has 4 heteroatoms. The minimum Gasteiger partial charge on any atom is -0.370 e. The van der Waals surface area contributed by atoms with Crippen molar-refractivity contribution in [3.05, 3.63) is 18.1 Å². The maximum atomic E-state index is 5.66. The summed E-state index contributed by atoms with van der Waals surface area (Å²) in [5, 5.41) is 3.24. The van der Waals surface area contributed by atoms with Crippen LogP contribution in [-0.2, 0) is 0 Å². The lowest BCUT2D eigenvalue weighted by Crippen LogP contribution is -2.19. The molecule has 1 unspecified atom stereocenters. The van der Waals surface area contributed by atoms with Gasteiger partial charge in [0.25, 0.3) is 0 Å². The Labute approximate surface area is 91.3 Å². The van der Waals surface area contributed by atoms with Crippen LogP contribution in [0.2, 0.25) is 0 Å². The molecule has 0 fully saturated rings. The van der Waals surface area contributed by atoms with Gasteiger partial charge in [-0.1, -0.05) is 13.8 Å². The first-order valence-electron chi connectivity index (χ1n) is 5.41. The van der Waals surface area contributed by atoms with Gasteiger partial charge in [-0.05, 0) is 19.3 Å². The van der Waals surface area contributed by atoms with Crippen LogP contribution < -0.4 is 11.1 Å². The first kappa shape index (κ1) is 11.9. The fourth-order valence-corrected chi connectivity index (χ4v) is 1.21. The highest BCUT2D eigenvalue weighted by Crippen LogP contribution is 2.13. The molecule has 3 N–H and O–H groups in total. The van der Waals surface area contributed by atoms with E-state index < -0.39 is 0 Å². The van der Waals surface area contributed by atoms with Crippen molar-refractivity contribution >= 4 is 5.82 Å². The zero-order valence-corrected chi connectivity index (χ0v) is 9.70. The van der Waals surface area contributed by atoms with E-state index in [1.165, 1.54) is 0 Å². The van der Waals surface area contributed by atoms with Gasteiger partial charge in [0.05, 0.1) is 0 Å². The van der Waals surface area contributed by atoms with Crippen LogP contribution in [0.1, 0.15) is 38.8 Å². The fourth-order valence-electron chi connectivity index (χ4n) is 1.21. The second kappa shape index (κ2) is 5.66. The SMILES string of the molecule is CC(N)CCNc1cc(C(C)C)ncn1. The molecule has 0 aromatic carbocycles. The van der Waals surface area contributed by atoms with E-state index in [-0.39, 0.29) is 6.04 Å². The van der Waals surface area contributed by atoms with Gasteiger partial charge < -0.3 is 11.1 Å². The van der Waals surface area contributed by atoms with Crippen LogP contribution in [-0.4, -0.2) is 22.6 Å². The molecule has 1 aromatic rings. The Morgan fingerprint density at radius 2 is 2.07 bits per heavy atom. The summed E-state index contributed by atoms with van der Waals surface area (Å²) in [5.41, 5.74) is 6.73. The molecule has 0 bridgehead atoms. The number of hydrogen-bond acceptors (Lipinski definition) is 4. The van der Waals surface area contributed by atoms with E-state index in [4.69, 9.17) is 5.73 Å². The van der Waals surface area contributed by atoms with Gasteiger partial charge in [0.2, 0.25) is 0 Å². The third-order valence-electron chi connectivity index (χ3n) is 2.19. The Morgan fingerprint density at radius 3 is 2.67 bits per heavy atom. The molecule has 0 aliphatic heterocycles. The lowest BCUT2D eigenvalue weighted by Gasteiger charge is -2.09. The summed E-state index contributed by atoms with van der Waals surface area (Å²) in [6.07, 6.45) is 2.55. The predicted octanol–water partition coefficient (Wildman–Crippen LogP) is 1.75. The van der Waals surface area contributed by atoms with Crippen LogP contribution in [0.5, 0.6) is 0 Å². The first-order valence-corrected chi connectivity index (χ1v) is 5.41. The van der Waals surface area contributed by atoms with Crippen LogP contribution in [0.25, 0.3) is 0 Å². The lowest BCUT2D eigenvalue weighted by molar-refractivity contribution is 0.688. The molecule has 0 radical (unpaired) electrons. The zero-order valence-electron chi connectivity index (χ0n) is 9.70. The van der Waals surface area contributed by atoms with Gasteiger partial charge >= 0.3 is 0 Å². The zero-order chi connectivity index (χ0) is 11.3. The largest absolute Gasteiger partial charge is 0.370 e. The third kappa shape index (κ3) is 4.25. The third-order valence-corrected chi connectivity index (χ3v) is 2.19. The Balaban J connectivity index is 2.50. The first-order chi connectivity index (χ1) is 7.09. The van der Waals surface area contributed by atoms with Crippen molar-refractivity contribution in [2.75, 3.05) is 11.9 Å². The quantitative estimate of drug-likeness (QED) is 0.773. The molecular weight excluding hydrogens is 188 g/mol. The highest BCUT2D eigenvalue weighted by molar-refractivity contribution is 5.35. The summed E-state index contributed by atoms with van der Waals surface area (Å²) in [5.74, 6) is 1.32. The fraction of sp³-hybridized carbons (Fsp3) is 0.636. The molecule has 84 valence electrons. The summed E-state index contributed by atoms with van der Waals surface area (Å²) in [4.78, 5) is 8.36. The monoisotopic (exact) mass is 208 g/mol. The molecule has 1 heterocycles. The number of aromatic nitrogens is 2.